The molecule has 0 radical (unpaired) electrons. The molecular weight excluding hydrogens is 254 g/mol. The Labute approximate surface area is 120 Å². The summed E-state index contributed by atoms with van der Waals surface area (Å²) in [5, 5.41) is 12.0. The summed E-state index contributed by atoms with van der Waals surface area (Å²) in [7, 11) is 0. The molecule has 0 fully saturated rings. The summed E-state index contributed by atoms with van der Waals surface area (Å²) in [4.78, 5) is 22.9. The molecule has 0 atom stereocenters. The molecule has 1 amide bonds. The molecule has 0 aliphatic carbocycles. The van der Waals surface area contributed by atoms with Gasteiger partial charge in [0, 0.05) is 12.1 Å². The van der Waals surface area contributed by atoms with E-state index in [-0.39, 0.29) is 5.91 Å². The van der Waals surface area contributed by atoms with Gasteiger partial charge >= 0.3 is 5.97 Å². The highest BCUT2D eigenvalue weighted by atomic mass is 16.4. The van der Waals surface area contributed by atoms with E-state index in [0.717, 1.165) is 6.42 Å². The monoisotopic (exact) mass is 277 g/mol. The molecule has 1 aromatic rings. The molecule has 2 N–H and O–H groups in total. The Morgan fingerprint density at radius 2 is 1.75 bits per heavy atom. The number of carbonyl (C=O) groups is 2. The summed E-state index contributed by atoms with van der Waals surface area (Å²) in [6.07, 6.45) is 1.36. The number of carbonyl (C=O) groups excluding carboxylic acids is 1. The third-order valence-electron chi connectivity index (χ3n) is 3.37. The van der Waals surface area contributed by atoms with Crippen LogP contribution in [-0.4, -0.2) is 17.0 Å². The number of hydrogen-bond donors (Lipinski definition) is 2. The Morgan fingerprint density at radius 1 is 1.20 bits per heavy atom. The Morgan fingerprint density at radius 3 is 2.20 bits per heavy atom. The minimum absolute atomic E-state index is 0.0102. The molecule has 4 nitrogen and oxygen atoms in total. The highest BCUT2D eigenvalue weighted by Gasteiger charge is 2.29. The zero-order valence-corrected chi connectivity index (χ0v) is 12.6. The zero-order valence-electron chi connectivity index (χ0n) is 12.6. The molecule has 0 aliphatic heterocycles. The highest BCUT2D eigenvalue weighted by molar-refractivity contribution is 5.90. The van der Waals surface area contributed by atoms with E-state index >= 15 is 0 Å². The van der Waals surface area contributed by atoms with Crippen LogP contribution in [0.4, 0.5) is 5.69 Å². The van der Waals surface area contributed by atoms with Crippen molar-refractivity contribution in [3.63, 3.8) is 0 Å². The topological polar surface area (TPSA) is 66.4 Å². The standard InChI is InChI=1S/C16H23NO3/c1-11(2)5-10-14(18)17-13-8-6-12(7-9-13)16(3,4)15(19)20/h6-9,11H,5,10H2,1-4H3,(H,17,18)(H,19,20). The molecule has 0 saturated carbocycles. The second kappa shape index (κ2) is 6.55. The van der Waals surface area contributed by atoms with Crippen LogP contribution in [0.25, 0.3) is 0 Å². The van der Waals surface area contributed by atoms with Crippen molar-refractivity contribution in [1.82, 2.24) is 0 Å². The Hall–Kier alpha value is -1.84. The fraction of sp³-hybridized carbons (Fsp3) is 0.500. The molecule has 0 bridgehead atoms. The summed E-state index contributed by atoms with van der Waals surface area (Å²) in [6, 6.07) is 6.97. The maximum absolute atomic E-state index is 11.7. The number of rotatable bonds is 6. The molecule has 0 heterocycles. The second-order valence-electron chi connectivity index (χ2n) is 5.99. The average molecular weight is 277 g/mol. The van der Waals surface area contributed by atoms with Crippen molar-refractivity contribution in [2.45, 2.75) is 46.0 Å². The van der Waals surface area contributed by atoms with Crippen LogP contribution < -0.4 is 5.32 Å². The molecule has 0 saturated heterocycles. The highest BCUT2D eigenvalue weighted by Crippen LogP contribution is 2.24. The summed E-state index contributed by atoms with van der Waals surface area (Å²) >= 11 is 0. The summed E-state index contributed by atoms with van der Waals surface area (Å²) in [5.74, 6) is -0.380. The van der Waals surface area contributed by atoms with E-state index in [1.165, 1.54) is 0 Å². The van der Waals surface area contributed by atoms with E-state index in [1.807, 2.05) is 0 Å². The van der Waals surface area contributed by atoms with Gasteiger partial charge in [0.2, 0.25) is 5.91 Å². The van der Waals surface area contributed by atoms with Gasteiger partial charge in [-0.3, -0.25) is 9.59 Å². The van der Waals surface area contributed by atoms with Crippen LogP contribution in [-0.2, 0) is 15.0 Å². The van der Waals surface area contributed by atoms with Crippen LogP contribution in [0.15, 0.2) is 24.3 Å². The first-order valence-electron chi connectivity index (χ1n) is 6.87. The third-order valence-corrected chi connectivity index (χ3v) is 3.37. The molecule has 110 valence electrons. The molecule has 0 spiro atoms. The predicted molar refractivity (Wildman–Crippen MR) is 79.8 cm³/mol. The quantitative estimate of drug-likeness (QED) is 0.837. The van der Waals surface area contributed by atoms with E-state index < -0.39 is 11.4 Å². The van der Waals surface area contributed by atoms with Crippen molar-refractivity contribution < 1.29 is 14.7 Å². The molecule has 1 rings (SSSR count). The van der Waals surface area contributed by atoms with Gasteiger partial charge < -0.3 is 10.4 Å². The fourth-order valence-electron chi connectivity index (χ4n) is 1.74. The van der Waals surface area contributed by atoms with Crippen molar-refractivity contribution in [2.24, 2.45) is 5.92 Å². The van der Waals surface area contributed by atoms with Gasteiger partial charge in [0.05, 0.1) is 5.41 Å². The number of nitrogens with one attached hydrogen (secondary N) is 1. The number of hydrogen-bond acceptors (Lipinski definition) is 2. The van der Waals surface area contributed by atoms with Gasteiger partial charge in [-0.15, -0.1) is 0 Å². The lowest BCUT2D eigenvalue weighted by Crippen LogP contribution is -2.28. The van der Waals surface area contributed by atoms with Crippen LogP contribution >= 0.6 is 0 Å². The fourth-order valence-corrected chi connectivity index (χ4v) is 1.74. The zero-order chi connectivity index (χ0) is 15.3. The summed E-state index contributed by atoms with van der Waals surface area (Å²) in [5.41, 5.74) is 0.481. The predicted octanol–water partition coefficient (Wildman–Crippen LogP) is 3.42. The maximum Gasteiger partial charge on any atom is 0.313 e. The molecule has 4 heteroatoms. The van der Waals surface area contributed by atoms with E-state index in [9.17, 15) is 9.59 Å². The van der Waals surface area contributed by atoms with Crippen molar-refractivity contribution in [2.75, 3.05) is 5.32 Å². The molecule has 20 heavy (non-hydrogen) atoms. The number of carboxylic acid groups (broad SMARTS) is 1. The maximum atomic E-state index is 11.7. The van der Waals surface area contributed by atoms with E-state index in [0.29, 0.717) is 23.6 Å². The molecule has 0 aromatic heterocycles. The Bertz CT molecular complexity index is 475. The number of anilines is 1. The first kappa shape index (κ1) is 16.2. The van der Waals surface area contributed by atoms with E-state index in [2.05, 4.69) is 19.2 Å². The Balaban J connectivity index is 2.68. The lowest BCUT2D eigenvalue weighted by Gasteiger charge is -2.19. The number of benzene rings is 1. The summed E-state index contributed by atoms with van der Waals surface area (Å²) in [6.45, 7) is 7.48. The van der Waals surface area contributed by atoms with Gasteiger partial charge in [-0.2, -0.15) is 0 Å². The molecule has 0 unspecified atom stereocenters. The Kier molecular flexibility index (Phi) is 5.31. The minimum atomic E-state index is -0.930. The second-order valence-corrected chi connectivity index (χ2v) is 5.99. The lowest BCUT2D eigenvalue weighted by atomic mass is 9.85. The van der Waals surface area contributed by atoms with Crippen molar-refractivity contribution >= 4 is 17.6 Å². The van der Waals surface area contributed by atoms with Gasteiger partial charge in [-0.05, 0) is 43.9 Å². The van der Waals surface area contributed by atoms with Gasteiger partial charge in [-0.25, -0.2) is 0 Å². The van der Waals surface area contributed by atoms with Crippen LogP contribution in [0, 0.1) is 5.92 Å². The van der Waals surface area contributed by atoms with Gasteiger partial charge in [0.25, 0.3) is 0 Å². The van der Waals surface area contributed by atoms with E-state index in [1.54, 1.807) is 38.1 Å². The summed E-state index contributed by atoms with van der Waals surface area (Å²) < 4.78 is 0. The minimum Gasteiger partial charge on any atom is -0.481 e. The lowest BCUT2D eigenvalue weighted by molar-refractivity contribution is -0.142. The first-order chi connectivity index (χ1) is 9.23. The SMILES string of the molecule is CC(C)CCC(=O)Nc1ccc(C(C)(C)C(=O)O)cc1. The smallest absolute Gasteiger partial charge is 0.313 e. The molecule has 0 aliphatic rings. The normalized spacial score (nSPS) is 11.4. The number of amides is 1. The third kappa shape index (κ3) is 4.37. The molecule has 1 aromatic carbocycles. The van der Waals surface area contributed by atoms with Gasteiger partial charge in [0.1, 0.15) is 0 Å². The van der Waals surface area contributed by atoms with Crippen LogP contribution in [0.5, 0.6) is 0 Å². The molecular formula is C16H23NO3. The first-order valence-corrected chi connectivity index (χ1v) is 6.87. The van der Waals surface area contributed by atoms with E-state index in [4.69, 9.17) is 5.11 Å². The van der Waals surface area contributed by atoms with Crippen LogP contribution in [0.2, 0.25) is 0 Å². The van der Waals surface area contributed by atoms with Crippen molar-refractivity contribution in [3.05, 3.63) is 29.8 Å². The largest absolute Gasteiger partial charge is 0.481 e. The van der Waals surface area contributed by atoms with Crippen LogP contribution in [0.1, 0.15) is 46.1 Å². The number of aliphatic carboxylic acids is 1. The average Bonchev–Trinajstić information content (AvgIpc) is 2.37. The van der Waals surface area contributed by atoms with Crippen molar-refractivity contribution in [3.8, 4) is 0 Å². The van der Waals surface area contributed by atoms with Gasteiger partial charge in [-0.1, -0.05) is 26.0 Å². The van der Waals surface area contributed by atoms with Crippen molar-refractivity contribution in [1.29, 1.82) is 0 Å². The van der Waals surface area contributed by atoms with Gasteiger partial charge in [0.15, 0.2) is 0 Å². The van der Waals surface area contributed by atoms with Crippen LogP contribution in [0.3, 0.4) is 0 Å². The number of carboxylic acids is 1.